The molecule has 5 nitrogen and oxygen atoms in total. The summed E-state index contributed by atoms with van der Waals surface area (Å²) in [5, 5.41) is 8.39. The molecule has 0 radical (unpaired) electrons. The number of carboxylic acid groups (broad SMARTS) is 1. The van der Waals surface area contributed by atoms with Crippen molar-refractivity contribution in [2.75, 3.05) is 0 Å². The van der Waals surface area contributed by atoms with Crippen molar-refractivity contribution < 1.29 is 9.90 Å². The molecule has 0 bridgehead atoms. The van der Waals surface area contributed by atoms with E-state index in [0.717, 1.165) is 4.57 Å². The lowest BCUT2D eigenvalue weighted by atomic mass is 10.4. The largest absolute Gasteiger partial charge is 0.480 e. The Morgan fingerprint density at radius 3 is 3.00 bits per heavy atom. The molecule has 1 heterocycles. The molecule has 1 aromatic heterocycles. The molecule has 1 aromatic rings. The molecule has 1 rings (SSSR count). The molecule has 0 fully saturated rings. The van der Waals surface area contributed by atoms with Gasteiger partial charge in [-0.15, -0.1) is 0 Å². The zero-order valence-electron chi connectivity index (χ0n) is 6.52. The maximum absolute atomic E-state index is 11.2. The number of aliphatic carboxylic acids is 1. The number of aromatic nitrogens is 2. The molecule has 0 aliphatic heterocycles. The molecule has 1 N–H and O–H groups in total. The maximum Gasteiger partial charge on any atom is 0.323 e. The maximum atomic E-state index is 11.2. The van der Waals surface area contributed by atoms with Crippen molar-refractivity contribution in [2.24, 2.45) is 0 Å². The van der Waals surface area contributed by atoms with Crippen LogP contribution in [0, 0.1) is 6.92 Å². The summed E-state index contributed by atoms with van der Waals surface area (Å²) < 4.78 is 1.05. The van der Waals surface area contributed by atoms with Crippen LogP contribution in [-0.4, -0.2) is 20.6 Å². The Labute approximate surface area is 68.3 Å². The van der Waals surface area contributed by atoms with Gasteiger partial charge in [0.05, 0.1) is 6.33 Å². The fraction of sp³-hybridized carbons (Fsp3) is 0.286. The number of carbonyl (C=O) groups is 1. The van der Waals surface area contributed by atoms with E-state index in [9.17, 15) is 9.59 Å². The molecule has 0 saturated heterocycles. The predicted octanol–water partition coefficient (Wildman–Crippen LogP) is -0.364. The summed E-state index contributed by atoms with van der Waals surface area (Å²) in [7, 11) is 0. The number of carboxylic acids is 1. The Morgan fingerprint density at radius 1 is 1.75 bits per heavy atom. The second-order valence-corrected chi connectivity index (χ2v) is 2.40. The zero-order chi connectivity index (χ0) is 9.14. The van der Waals surface area contributed by atoms with Crippen molar-refractivity contribution in [2.45, 2.75) is 13.5 Å². The van der Waals surface area contributed by atoms with E-state index in [4.69, 9.17) is 5.11 Å². The van der Waals surface area contributed by atoms with E-state index in [0.29, 0.717) is 5.56 Å². The number of rotatable bonds is 2. The first-order valence-electron chi connectivity index (χ1n) is 3.34. The van der Waals surface area contributed by atoms with Gasteiger partial charge in [0.1, 0.15) is 6.54 Å². The van der Waals surface area contributed by atoms with Gasteiger partial charge >= 0.3 is 5.97 Å². The topological polar surface area (TPSA) is 72.2 Å². The Hall–Kier alpha value is -1.65. The Kier molecular flexibility index (Phi) is 2.23. The van der Waals surface area contributed by atoms with Crippen LogP contribution in [0.1, 0.15) is 5.56 Å². The normalized spacial score (nSPS) is 9.75. The van der Waals surface area contributed by atoms with Gasteiger partial charge in [0.25, 0.3) is 5.56 Å². The quantitative estimate of drug-likeness (QED) is 0.654. The number of hydrogen-bond donors (Lipinski definition) is 1. The van der Waals surface area contributed by atoms with Gasteiger partial charge in [0.15, 0.2) is 0 Å². The molecule has 0 saturated carbocycles. The summed E-state index contributed by atoms with van der Waals surface area (Å²) in [4.78, 5) is 25.1. The van der Waals surface area contributed by atoms with Crippen LogP contribution in [0.25, 0.3) is 0 Å². The minimum Gasteiger partial charge on any atom is -0.480 e. The van der Waals surface area contributed by atoms with Crippen LogP contribution < -0.4 is 5.56 Å². The molecule has 0 spiro atoms. The third-order valence-corrected chi connectivity index (χ3v) is 1.38. The van der Waals surface area contributed by atoms with Crippen LogP contribution in [0.3, 0.4) is 0 Å². The van der Waals surface area contributed by atoms with Gasteiger partial charge < -0.3 is 5.11 Å². The highest BCUT2D eigenvalue weighted by molar-refractivity contribution is 5.66. The number of hydrogen-bond acceptors (Lipinski definition) is 3. The summed E-state index contributed by atoms with van der Waals surface area (Å²) in [6.07, 6.45) is 2.62. The molecular formula is C7H8N2O3. The van der Waals surface area contributed by atoms with E-state index in [1.807, 2.05) is 0 Å². The monoisotopic (exact) mass is 168 g/mol. The van der Waals surface area contributed by atoms with Gasteiger partial charge in [-0.3, -0.25) is 14.2 Å². The van der Waals surface area contributed by atoms with Gasteiger partial charge in [0, 0.05) is 11.8 Å². The summed E-state index contributed by atoms with van der Waals surface area (Å²) in [5.74, 6) is -1.05. The minimum absolute atomic E-state index is 0.313. The molecule has 0 amide bonds. The minimum atomic E-state index is -1.05. The van der Waals surface area contributed by atoms with E-state index in [-0.39, 0.29) is 12.1 Å². The lowest BCUT2D eigenvalue weighted by molar-refractivity contribution is -0.137. The van der Waals surface area contributed by atoms with Gasteiger partial charge in [-0.05, 0) is 6.92 Å². The van der Waals surface area contributed by atoms with Crippen LogP contribution >= 0.6 is 0 Å². The van der Waals surface area contributed by atoms with Gasteiger partial charge in [-0.2, -0.15) is 0 Å². The second kappa shape index (κ2) is 3.17. The van der Waals surface area contributed by atoms with Crippen molar-refractivity contribution in [3.8, 4) is 0 Å². The zero-order valence-corrected chi connectivity index (χ0v) is 6.52. The van der Waals surface area contributed by atoms with Crippen molar-refractivity contribution in [3.05, 3.63) is 28.4 Å². The molecule has 12 heavy (non-hydrogen) atoms. The fourth-order valence-corrected chi connectivity index (χ4v) is 0.818. The van der Waals surface area contributed by atoms with E-state index in [1.165, 1.54) is 12.5 Å². The standard InChI is InChI=1S/C7H8N2O3/c1-5-2-8-4-9(7(5)12)3-6(10)11/h2,4H,3H2,1H3,(H,10,11). The van der Waals surface area contributed by atoms with Crippen LogP contribution in [-0.2, 0) is 11.3 Å². The van der Waals surface area contributed by atoms with E-state index < -0.39 is 5.97 Å². The highest BCUT2D eigenvalue weighted by Gasteiger charge is 2.02. The lowest BCUT2D eigenvalue weighted by Gasteiger charge is -2.00. The van der Waals surface area contributed by atoms with Crippen molar-refractivity contribution in [1.82, 2.24) is 9.55 Å². The van der Waals surface area contributed by atoms with Gasteiger partial charge in [0.2, 0.25) is 0 Å². The molecule has 0 atom stereocenters. The molecule has 0 aromatic carbocycles. The first-order chi connectivity index (χ1) is 5.61. The van der Waals surface area contributed by atoms with Crippen LogP contribution in [0.15, 0.2) is 17.3 Å². The van der Waals surface area contributed by atoms with Gasteiger partial charge in [-0.25, -0.2) is 4.98 Å². The third-order valence-electron chi connectivity index (χ3n) is 1.38. The fourth-order valence-electron chi connectivity index (χ4n) is 0.818. The Morgan fingerprint density at radius 2 is 2.42 bits per heavy atom. The summed E-state index contributed by atoms with van der Waals surface area (Å²) >= 11 is 0. The number of nitrogens with zero attached hydrogens (tertiary/aromatic N) is 2. The molecule has 5 heteroatoms. The van der Waals surface area contributed by atoms with Crippen molar-refractivity contribution in [1.29, 1.82) is 0 Å². The summed E-state index contributed by atoms with van der Waals surface area (Å²) in [5.41, 5.74) is 0.131. The van der Waals surface area contributed by atoms with Gasteiger partial charge in [-0.1, -0.05) is 0 Å². The smallest absolute Gasteiger partial charge is 0.323 e. The third kappa shape index (κ3) is 1.69. The Bertz CT molecular complexity index is 356. The highest BCUT2D eigenvalue weighted by atomic mass is 16.4. The molecule has 64 valence electrons. The summed E-state index contributed by atoms with van der Waals surface area (Å²) in [6, 6.07) is 0. The van der Waals surface area contributed by atoms with Crippen LogP contribution in [0.2, 0.25) is 0 Å². The SMILES string of the molecule is Cc1cncn(CC(=O)O)c1=O. The first kappa shape index (κ1) is 8.45. The predicted molar refractivity (Wildman–Crippen MR) is 40.9 cm³/mol. The lowest BCUT2D eigenvalue weighted by Crippen LogP contribution is -2.25. The molecular weight excluding hydrogens is 160 g/mol. The van der Waals surface area contributed by atoms with E-state index >= 15 is 0 Å². The average molecular weight is 168 g/mol. The van der Waals surface area contributed by atoms with Crippen molar-refractivity contribution >= 4 is 5.97 Å². The van der Waals surface area contributed by atoms with Crippen LogP contribution in [0.5, 0.6) is 0 Å². The summed E-state index contributed by atoms with van der Waals surface area (Å²) in [6.45, 7) is 1.25. The van der Waals surface area contributed by atoms with Crippen LogP contribution in [0.4, 0.5) is 0 Å². The molecule has 0 aliphatic rings. The molecule has 0 aliphatic carbocycles. The van der Waals surface area contributed by atoms with E-state index in [2.05, 4.69) is 4.98 Å². The average Bonchev–Trinajstić information content (AvgIpc) is 1.98. The highest BCUT2D eigenvalue weighted by Crippen LogP contribution is 1.84. The Balaban J connectivity index is 3.09. The number of aryl methyl sites for hydroxylation is 1. The first-order valence-corrected chi connectivity index (χ1v) is 3.34. The molecule has 0 unspecified atom stereocenters. The van der Waals surface area contributed by atoms with Crippen molar-refractivity contribution in [3.63, 3.8) is 0 Å². The second-order valence-electron chi connectivity index (χ2n) is 2.40. The van der Waals surface area contributed by atoms with E-state index in [1.54, 1.807) is 6.92 Å².